The third kappa shape index (κ3) is 3.09. The standard InChI is InChI=1S/C13H21NO2/c1-2-14-12(13-7-5-9-16-13)10-11-6-3-4-8-15-11/h5,7,9,11-12,14H,2-4,6,8,10H2,1H3. The molecule has 0 bridgehead atoms. The van der Waals surface area contributed by atoms with E-state index in [4.69, 9.17) is 9.15 Å². The Labute approximate surface area is 97.2 Å². The molecule has 3 nitrogen and oxygen atoms in total. The normalized spacial score (nSPS) is 23.2. The molecule has 1 aromatic rings. The average Bonchev–Trinajstić information content (AvgIpc) is 2.83. The maximum atomic E-state index is 5.77. The number of ether oxygens (including phenoxy) is 1. The molecule has 2 atom stereocenters. The summed E-state index contributed by atoms with van der Waals surface area (Å²) in [5, 5.41) is 3.46. The zero-order valence-electron chi connectivity index (χ0n) is 9.95. The summed E-state index contributed by atoms with van der Waals surface area (Å²) >= 11 is 0. The van der Waals surface area contributed by atoms with Crippen molar-refractivity contribution in [1.29, 1.82) is 0 Å². The molecule has 0 aliphatic carbocycles. The van der Waals surface area contributed by atoms with Gasteiger partial charge in [-0.15, -0.1) is 0 Å². The molecule has 0 spiro atoms. The van der Waals surface area contributed by atoms with Crippen LogP contribution in [-0.4, -0.2) is 19.3 Å². The minimum Gasteiger partial charge on any atom is -0.468 e. The van der Waals surface area contributed by atoms with E-state index in [0.29, 0.717) is 12.1 Å². The van der Waals surface area contributed by atoms with Gasteiger partial charge >= 0.3 is 0 Å². The molecule has 3 heteroatoms. The van der Waals surface area contributed by atoms with Gasteiger partial charge in [0.25, 0.3) is 0 Å². The molecule has 0 amide bonds. The zero-order valence-corrected chi connectivity index (χ0v) is 9.95. The summed E-state index contributed by atoms with van der Waals surface area (Å²) < 4.78 is 11.2. The van der Waals surface area contributed by atoms with Crippen LogP contribution in [0.25, 0.3) is 0 Å². The van der Waals surface area contributed by atoms with Crippen molar-refractivity contribution in [2.45, 2.75) is 44.8 Å². The van der Waals surface area contributed by atoms with Crippen LogP contribution in [0.3, 0.4) is 0 Å². The van der Waals surface area contributed by atoms with Gasteiger partial charge in [0.1, 0.15) is 5.76 Å². The number of nitrogens with one attached hydrogen (secondary N) is 1. The van der Waals surface area contributed by atoms with E-state index in [9.17, 15) is 0 Å². The minimum atomic E-state index is 0.295. The first-order valence-corrected chi connectivity index (χ1v) is 6.28. The van der Waals surface area contributed by atoms with Gasteiger partial charge in [0.2, 0.25) is 0 Å². The topological polar surface area (TPSA) is 34.4 Å². The summed E-state index contributed by atoms with van der Waals surface area (Å²) in [6, 6.07) is 4.28. The van der Waals surface area contributed by atoms with Gasteiger partial charge < -0.3 is 14.5 Å². The Bertz CT molecular complexity index is 278. The van der Waals surface area contributed by atoms with E-state index in [2.05, 4.69) is 12.2 Å². The van der Waals surface area contributed by atoms with Crippen LogP contribution in [0.15, 0.2) is 22.8 Å². The second-order valence-electron chi connectivity index (χ2n) is 4.35. The van der Waals surface area contributed by atoms with Gasteiger partial charge in [-0.05, 0) is 44.4 Å². The summed E-state index contributed by atoms with van der Waals surface area (Å²) in [4.78, 5) is 0. The van der Waals surface area contributed by atoms with Gasteiger partial charge in [-0.1, -0.05) is 6.92 Å². The molecule has 0 saturated carbocycles. The summed E-state index contributed by atoms with van der Waals surface area (Å²) in [5.41, 5.74) is 0. The molecule has 2 unspecified atom stereocenters. The minimum absolute atomic E-state index is 0.295. The quantitative estimate of drug-likeness (QED) is 0.833. The van der Waals surface area contributed by atoms with Crippen LogP contribution in [0, 0.1) is 0 Å². The molecule has 2 rings (SSSR count). The molecule has 1 fully saturated rings. The Balaban J connectivity index is 1.91. The highest BCUT2D eigenvalue weighted by Crippen LogP contribution is 2.25. The summed E-state index contributed by atoms with van der Waals surface area (Å²) in [6.45, 7) is 4.00. The Morgan fingerprint density at radius 3 is 3.06 bits per heavy atom. The van der Waals surface area contributed by atoms with Crippen LogP contribution in [0.1, 0.15) is 44.4 Å². The van der Waals surface area contributed by atoms with Crippen molar-refractivity contribution in [1.82, 2.24) is 5.32 Å². The first-order valence-electron chi connectivity index (χ1n) is 6.28. The van der Waals surface area contributed by atoms with Gasteiger partial charge in [0.15, 0.2) is 0 Å². The van der Waals surface area contributed by atoms with Crippen LogP contribution in [0.2, 0.25) is 0 Å². The molecular formula is C13H21NO2. The Hall–Kier alpha value is -0.800. The van der Waals surface area contributed by atoms with Gasteiger partial charge in [0.05, 0.1) is 18.4 Å². The lowest BCUT2D eigenvalue weighted by Crippen LogP contribution is -2.28. The maximum Gasteiger partial charge on any atom is 0.120 e. The molecule has 1 aromatic heterocycles. The van der Waals surface area contributed by atoms with Crippen LogP contribution in [-0.2, 0) is 4.74 Å². The maximum absolute atomic E-state index is 5.77. The highest BCUT2D eigenvalue weighted by molar-refractivity contribution is 5.04. The smallest absolute Gasteiger partial charge is 0.120 e. The fraction of sp³-hybridized carbons (Fsp3) is 0.692. The lowest BCUT2D eigenvalue weighted by Gasteiger charge is -2.26. The highest BCUT2D eigenvalue weighted by Gasteiger charge is 2.21. The molecule has 1 N–H and O–H groups in total. The van der Waals surface area contributed by atoms with Crippen molar-refractivity contribution in [3.05, 3.63) is 24.2 Å². The number of hydrogen-bond acceptors (Lipinski definition) is 3. The van der Waals surface area contributed by atoms with Gasteiger partial charge in [-0.2, -0.15) is 0 Å². The second-order valence-corrected chi connectivity index (χ2v) is 4.35. The van der Waals surface area contributed by atoms with Crippen LogP contribution >= 0.6 is 0 Å². The highest BCUT2D eigenvalue weighted by atomic mass is 16.5. The van der Waals surface area contributed by atoms with E-state index in [1.807, 2.05) is 12.1 Å². The van der Waals surface area contributed by atoms with Crippen LogP contribution < -0.4 is 5.32 Å². The lowest BCUT2D eigenvalue weighted by molar-refractivity contribution is 0.00383. The number of hydrogen-bond donors (Lipinski definition) is 1. The second kappa shape index (κ2) is 6.06. The molecule has 1 aliphatic heterocycles. The van der Waals surface area contributed by atoms with Gasteiger partial charge in [-0.25, -0.2) is 0 Å². The van der Waals surface area contributed by atoms with Gasteiger partial charge in [0, 0.05) is 6.61 Å². The molecule has 1 saturated heterocycles. The molecule has 16 heavy (non-hydrogen) atoms. The summed E-state index contributed by atoms with van der Waals surface area (Å²) in [5.74, 6) is 1.02. The molecule has 1 aliphatic rings. The first kappa shape index (κ1) is 11.7. The van der Waals surface area contributed by atoms with Crippen molar-refractivity contribution in [3.63, 3.8) is 0 Å². The largest absolute Gasteiger partial charge is 0.468 e. The predicted octanol–water partition coefficient (Wildman–Crippen LogP) is 2.89. The van der Waals surface area contributed by atoms with E-state index < -0.39 is 0 Å². The first-order chi connectivity index (χ1) is 7.90. The molecule has 0 aromatic carbocycles. The Morgan fingerprint density at radius 2 is 2.44 bits per heavy atom. The molecular weight excluding hydrogens is 202 g/mol. The van der Waals surface area contributed by atoms with E-state index in [1.54, 1.807) is 6.26 Å². The average molecular weight is 223 g/mol. The molecule has 90 valence electrons. The Morgan fingerprint density at radius 1 is 1.50 bits per heavy atom. The monoisotopic (exact) mass is 223 g/mol. The summed E-state index contributed by atoms with van der Waals surface area (Å²) in [7, 11) is 0. The molecule has 0 radical (unpaired) electrons. The van der Waals surface area contributed by atoms with Crippen LogP contribution in [0.5, 0.6) is 0 Å². The van der Waals surface area contributed by atoms with E-state index in [0.717, 1.165) is 25.3 Å². The number of rotatable bonds is 5. The van der Waals surface area contributed by atoms with Crippen molar-refractivity contribution in [2.24, 2.45) is 0 Å². The predicted molar refractivity (Wildman–Crippen MR) is 63.3 cm³/mol. The fourth-order valence-corrected chi connectivity index (χ4v) is 2.29. The SMILES string of the molecule is CCNC(CC1CCCCO1)c1ccco1. The lowest BCUT2D eigenvalue weighted by atomic mass is 10.0. The van der Waals surface area contributed by atoms with E-state index >= 15 is 0 Å². The third-order valence-corrected chi connectivity index (χ3v) is 3.11. The number of furan rings is 1. The Kier molecular flexibility index (Phi) is 4.43. The van der Waals surface area contributed by atoms with E-state index in [-0.39, 0.29) is 0 Å². The van der Waals surface area contributed by atoms with Crippen molar-refractivity contribution in [2.75, 3.05) is 13.2 Å². The van der Waals surface area contributed by atoms with Crippen molar-refractivity contribution >= 4 is 0 Å². The van der Waals surface area contributed by atoms with Crippen LogP contribution in [0.4, 0.5) is 0 Å². The van der Waals surface area contributed by atoms with Crippen molar-refractivity contribution in [3.8, 4) is 0 Å². The van der Waals surface area contributed by atoms with Crippen molar-refractivity contribution < 1.29 is 9.15 Å². The zero-order chi connectivity index (χ0) is 11.2. The summed E-state index contributed by atoms with van der Waals surface area (Å²) in [6.07, 6.45) is 6.83. The van der Waals surface area contributed by atoms with E-state index in [1.165, 1.54) is 19.3 Å². The molecule has 2 heterocycles. The fourth-order valence-electron chi connectivity index (χ4n) is 2.29. The third-order valence-electron chi connectivity index (χ3n) is 3.11. The van der Waals surface area contributed by atoms with Gasteiger partial charge in [-0.3, -0.25) is 0 Å².